The predicted molar refractivity (Wildman–Crippen MR) is 60.7 cm³/mol. The first kappa shape index (κ1) is 11.0. The number of ether oxygens (including phenoxy) is 2. The van der Waals surface area contributed by atoms with Gasteiger partial charge < -0.3 is 9.47 Å². The normalized spacial score (nSPS) is 24.4. The summed E-state index contributed by atoms with van der Waals surface area (Å²) >= 11 is 5.71. The van der Waals surface area contributed by atoms with Gasteiger partial charge in [-0.05, 0) is 0 Å². The highest BCUT2D eigenvalue weighted by atomic mass is 35.5. The fourth-order valence-corrected chi connectivity index (χ4v) is 1.54. The molecular weight excluding hydrogens is 228 g/mol. The Morgan fingerprint density at radius 3 is 2.56 bits per heavy atom. The molecule has 4 heteroatoms. The highest BCUT2D eigenvalue weighted by molar-refractivity contribution is 6.18. The van der Waals surface area contributed by atoms with Gasteiger partial charge in [0.25, 0.3) is 5.79 Å². The van der Waals surface area contributed by atoms with Gasteiger partial charge in [0, 0.05) is 12.5 Å². The van der Waals surface area contributed by atoms with E-state index in [-0.39, 0.29) is 5.88 Å². The minimum atomic E-state index is -1.08. The molecule has 0 saturated carbocycles. The lowest BCUT2D eigenvalue weighted by molar-refractivity contribution is -0.192. The van der Waals surface area contributed by atoms with Crippen molar-refractivity contribution < 1.29 is 14.3 Å². The SMILES string of the molecule is C[C@@]1(CCl)OC(=O)C=C(c2ccccc2)O1. The molecule has 0 N–H and O–H groups in total. The number of carbonyl (C=O) groups excluding carboxylic acids is 1. The third-order valence-electron chi connectivity index (χ3n) is 2.19. The predicted octanol–water partition coefficient (Wildman–Crippen LogP) is 2.56. The number of halogens is 1. The van der Waals surface area contributed by atoms with Crippen LogP contribution in [0.15, 0.2) is 36.4 Å². The van der Waals surface area contributed by atoms with E-state index >= 15 is 0 Å². The van der Waals surface area contributed by atoms with Gasteiger partial charge >= 0.3 is 5.97 Å². The molecule has 0 spiro atoms. The molecule has 84 valence electrons. The number of rotatable bonds is 2. The van der Waals surface area contributed by atoms with E-state index in [1.165, 1.54) is 6.08 Å². The fraction of sp³-hybridized carbons (Fsp3) is 0.250. The second kappa shape index (κ2) is 4.18. The standard InChI is InChI=1S/C12H11ClO3/c1-12(8-13)15-10(7-11(14)16-12)9-5-3-2-4-6-9/h2-7H,8H2,1H3/t12-/m0/s1. The lowest BCUT2D eigenvalue weighted by Gasteiger charge is -2.32. The van der Waals surface area contributed by atoms with Crippen LogP contribution in [0.4, 0.5) is 0 Å². The summed E-state index contributed by atoms with van der Waals surface area (Å²) in [4.78, 5) is 11.4. The number of carbonyl (C=O) groups is 1. The Morgan fingerprint density at radius 1 is 1.25 bits per heavy atom. The van der Waals surface area contributed by atoms with Gasteiger partial charge in [0.2, 0.25) is 0 Å². The molecule has 1 aromatic carbocycles. The van der Waals surface area contributed by atoms with Gasteiger partial charge in [0.1, 0.15) is 5.76 Å². The molecule has 0 radical (unpaired) electrons. The Kier molecular flexibility index (Phi) is 2.88. The summed E-state index contributed by atoms with van der Waals surface area (Å²) in [7, 11) is 0. The zero-order chi connectivity index (χ0) is 11.6. The van der Waals surface area contributed by atoms with Crippen molar-refractivity contribution in [3.8, 4) is 0 Å². The zero-order valence-electron chi connectivity index (χ0n) is 8.77. The largest absolute Gasteiger partial charge is 0.450 e. The number of cyclic esters (lactones) is 1. The molecule has 0 bridgehead atoms. The number of alkyl halides is 1. The molecule has 0 unspecified atom stereocenters. The summed E-state index contributed by atoms with van der Waals surface area (Å²) in [6, 6.07) is 9.36. The maximum Gasteiger partial charge on any atom is 0.337 e. The van der Waals surface area contributed by atoms with Gasteiger partial charge in [-0.1, -0.05) is 30.3 Å². The third kappa shape index (κ3) is 2.19. The molecule has 1 aliphatic rings. The smallest absolute Gasteiger partial charge is 0.337 e. The molecular formula is C12H11ClO3. The molecule has 3 nitrogen and oxygen atoms in total. The Bertz CT molecular complexity index is 427. The molecule has 0 aliphatic carbocycles. The van der Waals surface area contributed by atoms with Crippen molar-refractivity contribution in [3.05, 3.63) is 42.0 Å². The van der Waals surface area contributed by atoms with Crippen LogP contribution in [0, 0.1) is 0 Å². The zero-order valence-corrected chi connectivity index (χ0v) is 9.53. The minimum absolute atomic E-state index is 0.0862. The molecule has 0 aromatic heterocycles. The lowest BCUT2D eigenvalue weighted by Crippen LogP contribution is -2.38. The lowest BCUT2D eigenvalue weighted by atomic mass is 10.1. The monoisotopic (exact) mass is 238 g/mol. The van der Waals surface area contributed by atoms with E-state index in [2.05, 4.69) is 0 Å². The molecule has 1 aromatic rings. The van der Waals surface area contributed by atoms with Gasteiger partial charge in [-0.25, -0.2) is 4.79 Å². The van der Waals surface area contributed by atoms with E-state index < -0.39 is 11.8 Å². The molecule has 0 saturated heterocycles. The average molecular weight is 239 g/mol. The third-order valence-corrected chi connectivity index (χ3v) is 2.68. The first-order valence-electron chi connectivity index (χ1n) is 4.88. The van der Waals surface area contributed by atoms with Crippen molar-refractivity contribution in [1.82, 2.24) is 0 Å². The minimum Gasteiger partial charge on any atom is -0.450 e. The van der Waals surface area contributed by atoms with E-state index in [1.54, 1.807) is 6.92 Å². The number of esters is 1. The Labute approximate surface area is 98.6 Å². The Balaban J connectivity index is 2.33. The van der Waals surface area contributed by atoms with Crippen molar-refractivity contribution in [2.45, 2.75) is 12.7 Å². The molecule has 1 aliphatic heterocycles. The average Bonchev–Trinajstić information content (AvgIpc) is 2.29. The maximum atomic E-state index is 11.4. The van der Waals surface area contributed by atoms with Crippen molar-refractivity contribution in [2.24, 2.45) is 0 Å². The maximum absolute atomic E-state index is 11.4. The summed E-state index contributed by atoms with van der Waals surface area (Å²) in [6.45, 7) is 1.63. The first-order valence-corrected chi connectivity index (χ1v) is 5.41. The molecule has 1 atom stereocenters. The number of benzene rings is 1. The summed E-state index contributed by atoms with van der Waals surface area (Å²) in [5.41, 5.74) is 0.829. The van der Waals surface area contributed by atoms with Crippen molar-refractivity contribution in [2.75, 3.05) is 5.88 Å². The number of hydrogen-bond acceptors (Lipinski definition) is 3. The van der Waals surface area contributed by atoms with Crippen molar-refractivity contribution in [1.29, 1.82) is 0 Å². The Morgan fingerprint density at radius 2 is 1.94 bits per heavy atom. The summed E-state index contributed by atoms with van der Waals surface area (Å²) in [6.07, 6.45) is 1.32. The van der Waals surface area contributed by atoms with Crippen LogP contribution in [-0.4, -0.2) is 17.6 Å². The fourth-order valence-electron chi connectivity index (χ4n) is 1.43. The Hall–Kier alpha value is -1.48. The van der Waals surface area contributed by atoms with E-state index in [0.29, 0.717) is 5.76 Å². The highest BCUT2D eigenvalue weighted by Crippen LogP contribution is 2.29. The van der Waals surface area contributed by atoms with Gasteiger partial charge in [-0.3, -0.25) is 0 Å². The van der Waals surface area contributed by atoms with Crippen molar-refractivity contribution >= 4 is 23.3 Å². The van der Waals surface area contributed by atoms with Crippen LogP contribution in [-0.2, 0) is 14.3 Å². The summed E-state index contributed by atoms with van der Waals surface area (Å²) in [5.74, 6) is -0.949. The van der Waals surface area contributed by atoms with E-state index in [9.17, 15) is 4.79 Å². The van der Waals surface area contributed by atoms with Crippen LogP contribution in [0.25, 0.3) is 5.76 Å². The first-order chi connectivity index (χ1) is 7.63. The molecule has 1 heterocycles. The van der Waals surface area contributed by atoms with Crippen LogP contribution >= 0.6 is 11.6 Å². The van der Waals surface area contributed by atoms with E-state index in [0.717, 1.165) is 5.56 Å². The van der Waals surface area contributed by atoms with Crippen molar-refractivity contribution in [3.63, 3.8) is 0 Å². The molecule has 0 fully saturated rings. The van der Waals surface area contributed by atoms with Crippen LogP contribution in [0.1, 0.15) is 12.5 Å². The van der Waals surface area contributed by atoms with Gasteiger partial charge in [0.15, 0.2) is 0 Å². The van der Waals surface area contributed by atoms with Gasteiger partial charge in [0.05, 0.1) is 12.0 Å². The second-order valence-corrected chi connectivity index (χ2v) is 3.93. The summed E-state index contributed by atoms with van der Waals surface area (Å²) in [5, 5.41) is 0. The van der Waals surface area contributed by atoms with Gasteiger partial charge in [-0.15, -0.1) is 11.6 Å². The highest BCUT2D eigenvalue weighted by Gasteiger charge is 2.34. The quantitative estimate of drug-likeness (QED) is 0.587. The van der Waals surface area contributed by atoms with Gasteiger partial charge in [-0.2, -0.15) is 0 Å². The van der Waals surface area contributed by atoms with E-state index in [1.807, 2.05) is 30.3 Å². The van der Waals surface area contributed by atoms with Crippen LogP contribution in [0.2, 0.25) is 0 Å². The molecule has 16 heavy (non-hydrogen) atoms. The number of hydrogen-bond donors (Lipinski definition) is 0. The molecule has 2 rings (SSSR count). The van der Waals surface area contributed by atoms with Crippen LogP contribution in [0.5, 0.6) is 0 Å². The summed E-state index contributed by atoms with van der Waals surface area (Å²) < 4.78 is 10.6. The van der Waals surface area contributed by atoms with E-state index in [4.69, 9.17) is 21.1 Å². The topological polar surface area (TPSA) is 35.5 Å². The second-order valence-electron chi connectivity index (χ2n) is 3.67. The molecule has 0 amide bonds. The van der Waals surface area contributed by atoms with Crippen LogP contribution in [0.3, 0.4) is 0 Å². The van der Waals surface area contributed by atoms with Crippen LogP contribution < -0.4 is 0 Å².